The average Bonchev–Trinajstić information content (AvgIpc) is 3.43. The van der Waals surface area contributed by atoms with Crippen molar-refractivity contribution in [1.29, 1.82) is 0 Å². The van der Waals surface area contributed by atoms with Crippen molar-refractivity contribution in [2.75, 3.05) is 19.0 Å². The van der Waals surface area contributed by atoms with Crippen LogP contribution in [0.25, 0.3) is 0 Å². The van der Waals surface area contributed by atoms with Crippen molar-refractivity contribution in [2.45, 2.75) is 37.3 Å². The van der Waals surface area contributed by atoms with Gasteiger partial charge >= 0.3 is 12.1 Å². The third kappa shape index (κ3) is 5.26. The number of fused-ring (bicyclic) bond motifs is 1. The van der Waals surface area contributed by atoms with E-state index in [1.165, 1.54) is 16.9 Å². The summed E-state index contributed by atoms with van der Waals surface area (Å²) in [4.78, 5) is 27.8. The SMILES string of the molecule is C#Cc1nc(NC(=O)N[C@@H](COC(N)=O)c2ccc(C3CCCC4C3C=NN4C)cc2)cs1. The molecule has 4 N–H and O–H groups in total. The van der Waals surface area contributed by atoms with Gasteiger partial charge in [0.2, 0.25) is 0 Å². The molecule has 33 heavy (non-hydrogen) atoms. The number of ether oxygens (including phenoxy) is 1. The number of carbonyl (C=O) groups excluding carboxylic acids is 2. The minimum absolute atomic E-state index is 0.0969. The number of hydrazone groups is 1. The minimum atomic E-state index is -0.908. The largest absolute Gasteiger partial charge is 0.447 e. The van der Waals surface area contributed by atoms with Gasteiger partial charge in [0.05, 0.1) is 12.1 Å². The number of benzene rings is 1. The Balaban J connectivity index is 1.46. The molecule has 1 saturated carbocycles. The molecule has 3 unspecified atom stereocenters. The number of nitrogens with one attached hydrogen (secondary N) is 2. The molecule has 0 bridgehead atoms. The molecule has 2 heterocycles. The Bertz CT molecular complexity index is 1080. The highest BCUT2D eigenvalue weighted by atomic mass is 32.1. The van der Waals surface area contributed by atoms with E-state index in [1.54, 1.807) is 5.38 Å². The van der Waals surface area contributed by atoms with E-state index in [9.17, 15) is 9.59 Å². The maximum atomic E-state index is 12.5. The molecule has 1 aliphatic carbocycles. The van der Waals surface area contributed by atoms with Gasteiger partial charge in [-0.15, -0.1) is 17.8 Å². The number of aromatic nitrogens is 1. The summed E-state index contributed by atoms with van der Waals surface area (Å²) in [5.41, 5.74) is 7.17. The lowest BCUT2D eigenvalue weighted by atomic mass is 9.73. The average molecular weight is 467 g/mol. The number of terminal acetylenes is 1. The summed E-state index contributed by atoms with van der Waals surface area (Å²) < 4.78 is 4.98. The summed E-state index contributed by atoms with van der Waals surface area (Å²) in [6.45, 7) is -0.0969. The highest BCUT2D eigenvalue weighted by molar-refractivity contribution is 7.10. The molecule has 4 rings (SSSR count). The molecule has 10 heteroatoms. The van der Waals surface area contributed by atoms with Gasteiger partial charge in [-0.25, -0.2) is 14.6 Å². The first-order valence-electron chi connectivity index (χ1n) is 10.7. The third-order valence-corrected chi connectivity index (χ3v) is 6.93. The van der Waals surface area contributed by atoms with Gasteiger partial charge in [0.15, 0.2) is 5.01 Å². The molecule has 9 nitrogen and oxygen atoms in total. The van der Waals surface area contributed by atoms with Crippen LogP contribution < -0.4 is 16.4 Å². The molecule has 0 radical (unpaired) electrons. The van der Waals surface area contributed by atoms with Crippen molar-refractivity contribution in [3.8, 4) is 12.3 Å². The van der Waals surface area contributed by atoms with Crippen molar-refractivity contribution in [3.63, 3.8) is 0 Å². The first-order chi connectivity index (χ1) is 15.9. The van der Waals surface area contributed by atoms with Crippen LogP contribution in [0.15, 0.2) is 34.7 Å². The molecule has 2 aromatic rings. The number of rotatable bonds is 6. The fraction of sp³-hybridized carbons (Fsp3) is 0.391. The number of anilines is 1. The molecule has 1 aromatic carbocycles. The number of urea groups is 1. The van der Waals surface area contributed by atoms with Gasteiger partial charge in [-0.2, -0.15) is 5.10 Å². The summed E-state index contributed by atoms with van der Waals surface area (Å²) in [7, 11) is 2.03. The zero-order valence-corrected chi connectivity index (χ0v) is 19.0. The predicted octanol–water partition coefficient (Wildman–Crippen LogP) is 3.27. The first kappa shape index (κ1) is 22.6. The Morgan fingerprint density at radius 3 is 2.85 bits per heavy atom. The molecule has 1 aliphatic heterocycles. The van der Waals surface area contributed by atoms with E-state index < -0.39 is 18.2 Å². The molecular weight excluding hydrogens is 440 g/mol. The number of hydrogen-bond donors (Lipinski definition) is 3. The van der Waals surface area contributed by atoms with Crippen molar-refractivity contribution in [2.24, 2.45) is 16.8 Å². The van der Waals surface area contributed by atoms with Gasteiger partial charge in [-0.1, -0.05) is 30.7 Å². The summed E-state index contributed by atoms with van der Waals surface area (Å²) in [6, 6.07) is 7.41. The van der Waals surface area contributed by atoms with Crippen LogP contribution in [0.4, 0.5) is 15.4 Å². The number of carbonyl (C=O) groups is 2. The highest BCUT2D eigenvalue weighted by Gasteiger charge is 2.38. The van der Waals surface area contributed by atoms with Crippen LogP contribution in [0.1, 0.15) is 47.4 Å². The number of hydrogen-bond acceptors (Lipinski definition) is 7. The number of primary amides is 1. The van der Waals surface area contributed by atoms with Gasteiger partial charge in [-0.3, -0.25) is 10.3 Å². The molecule has 4 atom stereocenters. The van der Waals surface area contributed by atoms with Gasteiger partial charge in [0.1, 0.15) is 12.4 Å². The standard InChI is InChI=1S/C23H26N6O3S/c1-3-21-27-20(13-33-21)28-23(31)26-18(12-32-22(24)30)15-9-7-14(8-10-15)16-5-4-6-19-17(16)11-25-29(19)2/h1,7-11,13,16-19H,4-6,12H2,2H3,(H2,24,30)(H2,26,28,31)/t16?,17?,18-,19?/m0/s1. The second-order valence-corrected chi connectivity index (χ2v) is 9.01. The zero-order chi connectivity index (χ0) is 23.4. The van der Waals surface area contributed by atoms with Gasteiger partial charge in [-0.05, 0) is 35.8 Å². The van der Waals surface area contributed by atoms with E-state index in [4.69, 9.17) is 16.9 Å². The fourth-order valence-corrected chi connectivity index (χ4v) is 5.12. The normalized spacial score (nSPS) is 22.2. The first-order valence-corrected chi connectivity index (χ1v) is 11.6. The Morgan fingerprint density at radius 2 is 2.15 bits per heavy atom. The van der Waals surface area contributed by atoms with E-state index in [1.807, 2.05) is 19.2 Å². The lowest BCUT2D eigenvalue weighted by Crippen LogP contribution is -2.36. The van der Waals surface area contributed by atoms with Crippen LogP contribution >= 0.6 is 11.3 Å². The van der Waals surface area contributed by atoms with Crippen LogP contribution in [0.2, 0.25) is 0 Å². The second kappa shape index (κ2) is 9.92. The van der Waals surface area contributed by atoms with E-state index in [0.717, 1.165) is 24.8 Å². The van der Waals surface area contributed by atoms with Crippen molar-refractivity contribution in [1.82, 2.24) is 15.3 Å². The Labute approximate surface area is 196 Å². The molecule has 0 saturated heterocycles. The van der Waals surface area contributed by atoms with Crippen LogP contribution in [-0.2, 0) is 4.74 Å². The number of amides is 3. The summed E-state index contributed by atoms with van der Waals surface area (Å²) in [5.74, 6) is 3.58. The molecular formula is C23H26N6O3S. The summed E-state index contributed by atoms with van der Waals surface area (Å²) in [6.07, 6.45) is 9.92. The van der Waals surface area contributed by atoms with Crippen molar-refractivity contribution in [3.05, 3.63) is 45.8 Å². The molecule has 2 aliphatic rings. The van der Waals surface area contributed by atoms with Gasteiger partial charge in [0.25, 0.3) is 0 Å². The second-order valence-electron chi connectivity index (χ2n) is 8.15. The van der Waals surface area contributed by atoms with Crippen LogP contribution in [0.5, 0.6) is 0 Å². The molecule has 1 fully saturated rings. The third-order valence-electron chi connectivity index (χ3n) is 6.16. The number of nitrogens with zero attached hydrogens (tertiary/aromatic N) is 3. The highest BCUT2D eigenvalue weighted by Crippen LogP contribution is 2.41. The molecule has 172 valence electrons. The topological polar surface area (TPSA) is 122 Å². The Morgan fingerprint density at radius 1 is 1.36 bits per heavy atom. The molecule has 3 amide bonds. The van der Waals surface area contributed by atoms with Crippen molar-refractivity contribution < 1.29 is 14.3 Å². The number of nitrogens with two attached hydrogens (primary N) is 1. The Kier molecular flexibility index (Phi) is 6.79. The van der Waals surface area contributed by atoms with Gasteiger partial charge < -0.3 is 15.8 Å². The summed E-state index contributed by atoms with van der Waals surface area (Å²) >= 11 is 1.25. The van der Waals surface area contributed by atoms with Gasteiger partial charge in [0, 0.05) is 24.6 Å². The number of thiazole rings is 1. The predicted molar refractivity (Wildman–Crippen MR) is 127 cm³/mol. The van der Waals surface area contributed by atoms with E-state index in [0.29, 0.717) is 28.7 Å². The smallest absolute Gasteiger partial charge is 0.404 e. The Hall–Kier alpha value is -3.58. The fourth-order valence-electron chi connectivity index (χ4n) is 4.57. The lowest BCUT2D eigenvalue weighted by Gasteiger charge is -2.35. The quantitative estimate of drug-likeness (QED) is 0.564. The maximum absolute atomic E-state index is 12.5. The maximum Gasteiger partial charge on any atom is 0.404 e. The lowest BCUT2D eigenvalue weighted by molar-refractivity contribution is 0.144. The van der Waals surface area contributed by atoms with E-state index in [-0.39, 0.29) is 6.61 Å². The minimum Gasteiger partial charge on any atom is -0.447 e. The van der Waals surface area contributed by atoms with Crippen LogP contribution in [0.3, 0.4) is 0 Å². The van der Waals surface area contributed by atoms with Crippen molar-refractivity contribution >= 4 is 35.5 Å². The molecule has 1 aromatic heterocycles. The molecule has 0 spiro atoms. The van der Waals surface area contributed by atoms with Crippen LogP contribution in [-0.4, -0.2) is 48.0 Å². The van der Waals surface area contributed by atoms with E-state index in [2.05, 4.69) is 50.0 Å². The zero-order valence-electron chi connectivity index (χ0n) is 18.2. The van der Waals surface area contributed by atoms with Crippen LogP contribution in [0, 0.1) is 18.3 Å². The monoisotopic (exact) mass is 466 g/mol. The van der Waals surface area contributed by atoms with E-state index >= 15 is 0 Å². The summed E-state index contributed by atoms with van der Waals surface area (Å²) in [5, 5.41) is 14.1.